The predicted molar refractivity (Wildman–Crippen MR) is 128 cm³/mol. The van der Waals surface area contributed by atoms with Gasteiger partial charge in [-0.05, 0) is 32.0 Å². The van der Waals surface area contributed by atoms with Crippen molar-refractivity contribution in [2.75, 3.05) is 26.5 Å². The quantitative estimate of drug-likeness (QED) is 0.369. The second kappa shape index (κ2) is 10.4. The van der Waals surface area contributed by atoms with Gasteiger partial charge in [-0.2, -0.15) is 0 Å². The SMILES string of the molecule is COc1ccc(Cl)c(F)c1-c1cc(C)ncc1C(=O)Nc1nnc(SC(C)C(=O)N(C)C)s1. The van der Waals surface area contributed by atoms with Crippen LogP contribution in [-0.4, -0.2) is 58.4 Å². The molecule has 3 aromatic rings. The molecular weight excluding hydrogens is 489 g/mol. The van der Waals surface area contributed by atoms with Crippen LogP contribution in [0.15, 0.2) is 28.7 Å². The molecule has 1 aromatic carbocycles. The van der Waals surface area contributed by atoms with Crippen molar-refractivity contribution in [2.45, 2.75) is 23.4 Å². The molecule has 2 aromatic heterocycles. The largest absolute Gasteiger partial charge is 0.496 e. The topological polar surface area (TPSA) is 97.3 Å². The van der Waals surface area contributed by atoms with E-state index >= 15 is 0 Å². The summed E-state index contributed by atoms with van der Waals surface area (Å²) >= 11 is 8.36. The number of benzene rings is 1. The lowest BCUT2D eigenvalue weighted by atomic mass is 9.98. The van der Waals surface area contributed by atoms with E-state index in [2.05, 4.69) is 20.5 Å². The number of nitrogens with zero attached hydrogens (tertiary/aromatic N) is 4. The maximum atomic E-state index is 15.0. The highest BCUT2D eigenvalue weighted by molar-refractivity contribution is 8.02. The van der Waals surface area contributed by atoms with Crippen molar-refractivity contribution in [3.8, 4) is 16.9 Å². The average Bonchev–Trinajstić information content (AvgIpc) is 3.21. The minimum atomic E-state index is -0.704. The minimum absolute atomic E-state index is 0.0604. The van der Waals surface area contributed by atoms with Crippen molar-refractivity contribution in [2.24, 2.45) is 0 Å². The summed E-state index contributed by atoms with van der Waals surface area (Å²) in [4.78, 5) is 30.8. The van der Waals surface area contributed by atoms with Gasteiger partial charge in [-0.3, -0.25) is 19.9 Å². The lowest BCUT2D eigenvalue weighted by molar-refractivity contribution is -0.127. The first kappa shape index (κ1) is 24.9. The number of aromatic nitrogens is 3. The molecule has 3 rings (SSSR count). The number of nitrogens with one attached hydrogen (secondary N) is 1. The van der Waals surface area contributed by atoms with Gasteiger partial charge in [0.2, 0.25) is 11.0 Å². The van der Waals surface area contributed by atoms with E-state index in [1.807, 2.05) is 0 Å². The summed E-state index contributed by atoms with van der Waals surface area (Å²) in [5.41, 5.74) is 1.03. The first-order chi connectivity index (χ1) is 15.6. The molecule has 0 saturated heterocycles. The molecule has 1 unspecified atom stereocenters. The first-order valence-electron chi connectivity index (χ1n) is 9.64. The zero-order valence-corrected chi connectivity index (χ0v) is 20.9. The Morgan fingerprint density at radius 3 is 2.70 bits per heavy atom. The summed E-state index contributed by atoms with van der Waals surface area (Å²) in [6, 6.07) is 4.50. The molecule has 0 aliphatic carbocycles. The highest BCUT2D eigenvalue weighted by Gasteiger charge is 2.23. The standard InChI is InChI=1S/C21H21ClFN5O3S2/c1-10-8-12(16-15(31-5)7-6-14(22)17(16)23)13(9-24-10)18(29)25-20-26-27-21(33-20)32-11(2)19(30)28(3)4/h6-9,11H,1-5H3,(H,25,26,29). The van der Waals surface area contributed by atoms with Gasteiger partial charge < -0.3 is 9.64 Å². The van der Waals surface area contributed by atoms with Crippen LogP contribution in [0.4, 0.5) is 9.52 Å². The van der Waals surface area contributed by atoms with Gasteiger partial charge in [0.25, 0.3) is 5.91 Å². The fourth-order valence-corrected chi connectivity index (χ4v) is 5.13. The molecule has 0 radical (unpaired) electrons. The Hall–Kier alpha value is -2.76. The maximum absolute atomic E-state index is 15.0. The summed E-state index contributed by atoms with van der Waals surface area (Å²) in [6.45, 7) is 3.49. The number of amides is 2. The number of carbonyl (C=O) groups excluding carboxylic acids is 2. The Balaban J connectivity index is 1.90. The Morgan fingerprint density at radius 1 is 1.30 bits per heavy atom. The summed E-state index contributed by atoms with van der Waals surface area (Å²) < 4.78 is 20.8. The van der Waals surface area contributed by atoms with Crippen molar-refractivity contribution in [1.82, 2.24) is 20.1 Å². The average molecular weight is 510 g/mol. The second-order valence-electron chi connectivity index (χ2n) is 7.13. The van der Waals surface area contributed by atoms with E-state index in [1.165, 1.54) is 42.1 Å². The van der Waals surface area contributed by atoms with Crippen LogP contribution in [0.3, 0.4) is 0 Å². The van der Waals surface area contributed by atoms with Crippen LogP contribution >= 0.6 is 34.7 Å². The van der Waals surface area contributed by atoms with Gasteiger partial charge in [-0.25, -0.2) is 4.39 Å². The molecule has 174 valence electrons. The number of ether oxygens (including phenoxy) is 1. The fraction of sp³-hybridized carbons (Fsp3) is 0.286. The van der Waals surface area contributed by atoms with E-state index < -0.39 is 11.7 Å². The summed E-state index contributed by atoms with van der Waals surface area (Å²) in [5.74, 6) is -1.09. The molecule has 8 nitrogen and oxygen atoms in total. The van der Waals surface area contributed by atoms with E-state index in [1.54, 1.807) is 34.0 Å². The van der Waals surface area contributed by atoms with E-state index in [4.69, 9.17) is 16.3 Å². The van der Waals surface area contributed by atoms with Gasteiger partial charge in [0, 0.05) is 31.5 Å². The third kappa shape index (κ3) is 5.60. The van der Waals surface area contributed by atoms with Gasteiger partial charge >= 0.3 is 0 Å². The van der Waals surface area contributed by atoms with Crippen molar-refractivity contribution in [1.29, 1.82) is 0 Å². The number of thioether (sulfide) groups is 1. The molecule has 1 N–H and O–H groups in total. The number of hydrogen-bond donors (Lipinski definition) is 1. The van der Waals surface area contributed by atoms with Gasteiger partial charge in [-0.1, -0.05) is 34.7 Å². The van der Waals surface area contributed by atoms with Crippen LogP contribution in [-0.2, 0) is 4.79 Å². The summed E-state index contributed by atoms with van der Waals surface area (Å²) in [7, 11) is 4.76. The second-order valence-corrected chi connectivity index (χ2v) is 10.1. The van der Waals surface area contributed by atoms with Crippen LogP contribution in [0.1, 0.15) is 23.0 Å². The van der Waals surface area contributed by atoms with Gasteiger partial charge in [-0.15, -0.1) is 10.2 Å². The zero-order valence-electron chi connectivity index (χ0n) is 18.5. The van der Waals surface area contributed by atoms with Crippen LogP contribution in [0.5, 0.6) is 5.75 Å². The Labute approximate surface area is 203 Å². The predicted octanol–water partition coefficient (Wildman–Crippen LogP) is 4.53. The molecule has 1 atom stereocenters. The van der Waals surface area contributed by atoms with Crippen molar-refractivity contribution in [3.05, 3.63) is 46.5 Å². The van der Waals surface area contributed by atoms with E-state index in [0.29, 0.717) is 10.0 Å². The lowest BCUT2D eigenvalue weighted by Crippen LogP contribution is -2.29. The molecule has 0 spiro atoms. The molecule has 0 aliphatic rings. The van der Waals surface area contributed by atoms with Crippen LogP contribution in [0.2, 0.25) is 5.02 Å². The first-order valence-corrected chi connectivity index (χ1v) is 11.7. The molecule has 2 amide bonds. The molecule has 12 heteroatoms. The monoisotopic (exact) mass is 509 g/mol. The third-order valence-corrected chi connectivity index (χ3v) is 6.83. The number of aryl methyl sites for hydroxylation is 1. The Bertz CT molecular complexity index is 1200. The number of anilines is 1. The maximum Gasteiger partial charge on any atom is 0.259 e. The van der Waals surface area contributed by atoms with Gasteiger partial charge in [0.1, 0.15) is 5.75 Å². The number of pyridine rings is 1. The molecule has 33 heavy (non-hydrogen) atoms. The van der Waals surface area contributed by atoms with Crippen LogP contribution in [0, 0.1) is 12.7 Å². The fourth-order valence-electron chi connectivity index (χ4n) is 2.94. The molecular formula is C21H21ClFN5O3S2. The minimum Gasteiger partial charge on any atom is -0.496 e. The third-order valence-electron chi connectivity index (χ3n) is 4.52. The molecule has 0 bridgehead atoms. The highest BCUT2D eigenvalue weighted by atomic mass is 35.5. The van der Waals surface area contributed by atoms with E-state index in [-0.39, 0.29) is 43.8 Å². The van der Waals surface area contributed by atoms with Gasteiger partial charge in [0.05, 0.1) is 28.5 Å². The normalized spacial score (nSPS) is 11.7. The van der Waals surface area contributed by atoms with Crippen LogP contribution in [0.25, 0.3) is 11.1 Å². The number of hydrogen-bond acceptors (Lipinski definition) is 8. The molecule has 0 fully saturated rings. The highest BCUT2D eigenvalue weighted by Crippen LogP contribution is 2.38. The molecule has 0 saturated carbocycles. The van der Waals surface area contributed by atoms with E-state index in [0.717, 1.165) is 11.3 Å². The summed E-state index contributed by atoms with van der Waals surface area (Å²) in [6.07, 6.45) is 1.36. The Morgan fingerprint density at radius 2 is 2.03 bits per heavy atom. The molecule has 0 aliphatic heterocycles. The van der Waals surface area contributed by atoms with Crippen molar-refractivity contribution in [3.63, 3.8) is 0 Å². The molecule has 2 heterocycles. The van der Waals surface area contributed by atoms with Crippen molar-refractivity contribution >= 4 is 51.6 Å². The van der Waals surface area contributed by atoms with Crippen molar-refractivity contribution < 1.29 is 18.7 Å². The lowest BCUT2D eigenvalue weighted by Gasteiger charge is -2.15. The number of rotatable bonds is 7. The van der Waals surface area contributed by atoms with Gasteiger partial charge in [0.15, 0.2) is 10.2 Å². The summed E-state index contributed by atoms with van der Waals surface area (Å²) in [5, 5.41) is 10.4. The number of halogens is 2. The smallest absolute Gasteiger partial charge is 0.259 e. The van der Waals surface area contributed by atoms with E-state index in [9.17, 15) is 14.0 Å². The number of carbonyl (C=O) groups is 2. The Kier molecular flexibility index (Phi) is 7.88. The zero-order chi connectivity index (χ0) is 24.3. The van der Waals surface area contributed by atoms with Crippen LogP contribution < -0.4 is 10.1 Å². The number of methoxy groups -OCH3 is 1.